The van der Waals surface area contributed by atoms with Crippen molar-refractivity contribution in [1.82, 2.24) is 0 Å². The molecule has 1 atom stereocenters. The zero-order chi connectivity index (χ0) is 11.4. The summed E-state index contributed by atoms with van der Waals surface area (Å²) in [6.07, 6.45) is 0.446. The third kappa shape index (κ3) is 3.41. The molecule has 0 aliphatic carbocycles. The highest BCUT2D eigenvalue weighted by atomic mass is 32.2. The zero-order valence-electron chi connectivity index (χ0n) is 8.17. The van der Waals surface area contributed by atoms with E-state index in [1.54, 1.807) is 19.1 Å². The lowest BCUT2D eigenvalue weighted by Gasteiger charge is -2.01. The molecule has 1 N–H and O–H groups in total. The molecule has 6 heteroatoms. The number of nitrogens with zero attached hydrogens (tertiary/aromatic N) is 1. The molecule has 82 valence electrons. The maximum absolute atomic E-state index is 10.5. The van der Waals surface area contributed by atoms with Crippen LogP contribution in [0.5, 0.6) is 0 Å². The van der Waals surface area contributed by atoms with Gasteiger partial charge in [-0.2, -0.15) is 0 Å². The summed E-state index contributed by atoms with van der Waals surface area (Å²) in [7, 11) is 0. The molecule has 1 rings (SSSR count). The van der Waals surface area contributed by atoms with Crippen LogP contribution in [0.2, 0.25) is 0 Å². The molecule has 15 heavy (non-hydrogen) atoms. The number of benzene rings is 1. The van der Waals surface area contributed by atoms with Crippen LogP contribution >= 0.6 is 0 Å². The van der Waals surface area contributed by atoms with Crippen molar-refractivity contribution in [3.05, 3.63) is 39.4 Å². The first-order valence-corrected chi connectivity index (χ1v) is 5.59. The monoisotopic (exact) mass is 229 g/mol. The molecule has 0 bridgehead atoms. The molecule has 0 saturated carbocycles. The molecule has 0 aliphatic heterocycles. The van der Waals surface area contributed by atoms with Crippen LogP contribution in [0.4, 0.5) is 5.69 Å². The highest BCUT2D eigenvalue weighted by molar-refractivity contribution is 7.79. The van der Waals surface area contributed by atoms with Crippen LogP contribution < -0.4 is 0 Å². The van der Waals surface area contributed by atoms with Gasteiger partial charge in [-0.1, -0.05) is 6.07 Å². The topological polar surface area (TPSA) is 80.4 Å². The van der Waals surface area contributed by atoms with Crippen LogP contribution in [-0.2, 0) is 17.5 Å². The minimum atomic E-state index is -1.82. The second kappa shape index (κ2) is 4.99. The van der Waals surface area contributed by atoms with Crippen molar-refractivity contribution < 1.29 is 13.7 Å². The smallest absolute Gasteiger partial charge is 0.272 e. The SMILES string of the molecule is Cc1cc(CCS(=O)O)ccc1[N+](=O)[O-]. The summed E-state index contributed by atoms with van der Waals surface area (Å²) in [6, 6.07) is 4.70. The molecular formula is C9H11NO4S. The van der Waals surface area contributed by atoms with Gasteiger partial charge in [0.1, 0.15) is 0 Å². The Morgan fingerprint density at radius 1 is 1.53 bits per heavy atom. The Bertz CT molecular complexity index is 405. The lowest BCUT2D eigenvalue weighted by atomic mass is 10.1. The molecule has 1 aromatic rings. The summed E-state index contributed by atoms with van der Waals surface area (Å²) < 4.78 is 19.0. The standard InChI is InChI=1S/C9H11NO4S/c1-7-6-8(4-5-15(13)14)2-3-9(7)10(11)12/h2-3,6H,4-5H2,1H3,(H,13,14). The largest absolute Gasteiger partial charge is 0.306 e. The van der Waals surface area contributed by atoms with E-state index in [0.717, 1.165) is 5.56 Å². The third-order valence-electron chi connectivity index (χ3n) is 2.02. The highest BCUT2D eigenvalue weighted by Crippen LogP contribution is 2.18. The first kappa shape index (κ1) is 11.8. The van der Waals surface area contributed by atoms with Crippen LogP contribution in [-0.4, -0.2) is 19.4 Å². The number of nitro benzene ring substituents is 1. The van der Waals surface area contributed by atoms with Crippen molar-refractivity contribution in [3.63, 3.8) is 0 Å². The number of aryl methyl sites for hydroxylation is 2. The van der Waals surface area contributed by atoms with E-state index in [1.807, 2.05) is 0 Å². The highest BCUT2D eigenvalue weighted by Gasteiger charge is 2.10. The van der Waals surface area contributed by atoms with E-state index >= 15 is 0 Å². The summed E-state index contributed by atoms with van der Waals surface area (Å²) in [5, 5.41) is 10.5. The van der Waals surface area contributed by atoms with Gasteiger partial charge in [-0.15, -0.1) is 0 Å². The summed E-state index contributed by atoms with van der Waals surface area (Å²) in [5.41, 5.74) is 1.48. The fourth-order valence-corrected chi connectivity index (χ4v) is 1.69. The number of nitro groups is 1. The zero-order valence-corrected chi connectivity index (χ0v) is 8.99. The van der Waals surface area contributed by atoms with Crippen molar-refractivity contribution in [3.8, 4) is 0 Å². The van der Waals surface area contributed by atoms with E-state index in [2.05, 4.69) is 0 Å². The first-order valence-electron chi connectivity index (χ1n) is 4.32. The van der Waals surface area contributed by atoms with Gasteiger partial charge in [0.05, 0.1) is 10.7 Å². The van der Waals surface area contributed by atoms with Crippen LogP contribution in [0.15, 0.2) is 18.2 Å². The van der Waals surface area contributed by atoms with Crippen LogP contribution in [0.3, 0.4) is 0 Å². The van der Waals surface area contributed by atoms with Crippen molar-refractivity contribution in [1.29, 1.82) is 0 Å². The minimum Gasteiger partial charge on any atom is -0.306 e. The molecule has 0 aliphatic rings. The van der Waals surface area contributed by atoms with E-state index in [0.29, 0.717) is 12.0 Å². The molecule has 1 aromatic carbocycles. The van der Waals surface area contributed by atoms with Gasteiger partial charge in [-0.3, -0.25) is 10.1 Å². The van der Waals surface area contributed by atoms with Gasteiger partial charge in [0.2, 0.25) is 0 Å². The predicted octanol–water partition coefficient (Wildman–Crippen LogP) is 1.67. The third-order valence-corrected chi connectivity index (χ3v) is 2.58. The molecule has 0 spiro atoms. The number of hydrogen-bond donors (Lipinski definition) is 1. The Morgan fingerprint density at radius 3 is 2.67 bits per heavy atom. The van der Waals surface area contributed by atoms with Gasteiger partial charge in [-0.05, 0) is 25.0 Å². The number of rotatable bonds is 4. The maximum atomic E-state index is 10.5. The van der Waals surface area contributed by atoms with Gasteiger partial charge < -0.3 is 4.55 Å². The summed E-state index contributed by atoms with van der Waals surface area (Å²) in [6.45, 7) is 1.65. The molecule has 5 nitrogen and oxygen atoms in total. The van der Waals surface area contributed by atoms with E-state index in [4.69, 9.17) is 4.55 Å². The molecular weight excluding hydrogens is 218 g/mol. The fourth-order valence-electron chi connectivity index (χ4n) is 1.28. The Labute approximate surface area is 89.6 Å². The van der Waals surface area contributed by atoms with Crippen molar-refractivity contribution in [2.75, 3.05) is 5.75 Å². The second-order valence-corrected chi connectivity index (χ2v) is 4.20. The molecule has 0 aromatic heterocycles. The Kier molecular flexibility index (Phi) is 3.93. The lowest BCUT2D eigenvalue weighted by molar-refractivity contribution is -0.385. The lowest BCUT2D eigenvalue weighted by Crippen LogP contribution is -2.00. The predicted molar refractivity (Wildman–Crippen MR) is 57.2 cm³/mol. The Balaban J connectivity index is 2.82. The van der Waals surface area contributed by atoms with E-state index in [1.165, 1.54) is 6.07 Å². The van der Waals surface area contributed by atoms with E-state index < -0.39 is 16.0 Å². The van der Waals surface area contributed by atoms with E-state index in [-0.39, 0.29) is 11.4 Å². The van der Waals surface area contributed by atoms with Crippen molar-refractivity contribution in [2.24, 2.45) is 0 Å². The summed E-state index contributed by atoms with van der Waals surface area (Å²) in [5.74, 6) is 0.150. The van der Waals surface area contributed by atoms with Crippen LogP contribution in [0.1, 0.15) is 11.1 Å². The molecule has 0 fully saturated rings. The van der Waals surface area contributed by atoms with Gasteiger partial charge in [-0.25, -0.2) is 4.21 Å². The van der Waals surface area contributed by atoms with Gasteiger partial charge in [0.25, 0.3) is 5.69 Å². The second-order valence-electron chi connectivity index (χ2n) is 3.15. The molecule has 0 heterocycles. The van der Waals surface area contributed by atoms with Gasteiger partial charge >= 0.3 is 0 Å². The summed E-state index contributed by atoms with van der Waals surface area (Å²) >= 11 is -1.82. The number of hydrogen-bond acceptors (Lipinski definition) is 3. The average molecular weight is 229 g/mol. The van der Waals surface area contributed by atoms with Crippen molar-refractivity contribution in [2.45, 2.75) is 13.3 Å². The minimum absolute atomic E-state index is 0.0730. The fraction of sp³-hybridized carbons (Fsp3) is 0.333. The normalized spacial score (nSPS) is 12.4. The van der Waals surface area contributed by atoms with E-state index in [9.17, 15) is 14.3 Å². The molecule has 1 unspecified atom stereocenters. The summed E-state index contributed by atoms with van der Waals surface area (Å²) in [4.78, 5) is 10.1. The molecule has 0 amide bonds. The van der Waals surface area contributed by atoms with Crippen LogP contribution in [0, 0.1) is 17.0 Å². The first-order chi connectivity index (χ1) is 7.00. The molecule has 0 saturated heterocycles. The van der Waals surface area contributed by atoms with Gasteiger partial charge in [0, 0.05) is 11.6 Å². The Morgan fingerprint density at radius 2 is 2.20 bits per heavy atom. The molecule has 0 radical (unpaired) electrons. The van der Waals surface area contributed by atoms with Gasteiger partial charge in [0.15, 0.2) is 11.1 Å². The average Bonchev–Trinajstić information content (AvgIpc) is 2.14. The van der Waals surface area contributed by atoms with Crippen molar-refractivity contribution >= 4 is 16.8 Å². The maximum Gasteiger partial charge on any atom is 0.272 e. The quantitative estimate of drug-likeness (QED) is 0.483. The Hall–Kier alpha value is -1.27. The van der Waals surface area contributed by atoms with Crippen LogP contribution in [0.25, 0.3) is 0 Å².